The van der Waals surface area contributed by atoms with Gasteiger partial charge in [0.2, 0.25) is 0 Å². The van der Waals surface area contributed by atoms with Crippen LogP contribution in [0.4, 0.5) is 0 Å². The minimum Gasteiger partial charge on any atom is -0.490 e. The van der Waals surface area contributed by atoms with E-state index in [9.17, 15) is 4.79 Å². The number of amides is 1. The summed E-state index contributed by atoms with van der Waals surface area (Å²) in [4.78, 5) is 14.9. The van der Waals surface area contributed by atoms with Gasteiger partial charge in [0, 0.05) is 31.7 Å². The largest absolute Gasteiger partial charge is 0.490 e. The van der Waals surface area contributed by atoms with Crippen LogP contribution in [0.1, 0.15) is 35.3 Å². The zero-order valence-electron chi connectivity index (χ0n) is 18.0. The van der Waals surface area contributed by atoms with E-state index < -0.39 is 0 Å². The Morgan fingerprint density at radius 2 is 1.77 bits per heavy atom. The molecule has 0 aromatic heterocycles. The minimum absolute atomic E-state index is 0.0465. The van der Waals surface area contributed by atoms with E-state index in [2.05, 4.69) is 16.3 Å². The molecule has 1 N–H and O–H groups in total. The fourth-order valence-electron chi connectivity index (χ4n) is 3.50. The molecule has 0 atom stereocenters. The zero-order valence-corrected chi connectivity index (χ0v) is 18.0. The lowest BCUT2D eigenvalue weighted by Crippen LogP contribution is -2.35. The molecule has 3 rings (SSSR count). The molecule has 0 spiro atoms. The van der Waals surface area contributed by atoms with Crippen LogP contribution in [0.2, 0.25) is 0 Å². The molecule has 1 amide bonds. The topological polar surface area (TPSA) is 60.0 Å². The number of rotatable bonds is 10. The number of nitrogens with zero attached hydrogens (tertiary/aromatic N) is 1. The number of carbonyl (C=O) groups excluding carboxylic acids is 1. The van der Waals surface area contributed by atoms with Gasteiger partial charge in [-0.25, -0.2) is 0 Å². The van der Waals surface area contributed by atoms with Crippen molar-refractivity contribution in [2.45, 2.75) is 26.8 Å². The molecule has 162 valence electrons. The number of nitrogens with one attached hydrogen (secondary N) is 1. The average Bonchev–Trinajstić information content (AvgIpc) is 2.76. The van der Waals surface area contributed by atoms with Gasteiger partial charge in [-0.15, -0.1) is 0 Å². The minimum atomic E-state index is -0.0465. The first-order chi connectivity index (χ1) is 14.7. The molecule has 30 heavy (non-hydrogen) atoms. The molecular formula is C24H32N2O4. The normalized spacial score (nSPS) is 14.3. The molecule has 2 aromatic rings. The van der Waals surface area contributed by atoms with Crippen LogP contribution in [0.25, 0.3) is 0 Å². The van der Waals surface area contributed by atoms with Crippen molar-refractivity contribution < 1.29 is 19.0 Å². The molecule has 0 saturated carbocycles. The van der Waals surface area contributed by atoms with Crippen LogP contribution >= 0.6 is 0 Å². The molecule has 1 aliphatic rings. The van der Waals surface area contributed by atoms with Crippen LogP contribution in [-0.4, -0.2) is 56.9 Å². The Kier molecular flexibility index (Phi) is 8.53. The summed E-state index contributed by atoms with van der Waals surface area (Å²) in [5, 5.41) is 3.02. The lowest BCUT2D eigenvalue weighted by molar-refractivity contribution is 0.0342. The quantitative estimate of drug-likeness (QED) is 0.649. The van der Waals surface area contributed by atoms with Crippen LogP contribution in [0.3, 0.4) is 0 Å². The van der Waals surface area contributed by atoms with E-state index in [0.29, 0.717) is 25.3 Å². The van der Waals surface area contributed by atoms with Gasteiger partial charge < -0.3 is 19.5 Å². The summed E-state index contributed by atoms with van der Waals surface area (Å²) < 4.78 is 16.7. The Balaban J connectivity index is 1.53. The highest BCUT2D eigenvalue weighted by Gasteiger charge is 2.12. The Labute approximate surface area is 179 Å². The first-order valence-corrected chi connectivity index (χ1v) is 10.8. The van der Waals surface area contributed by atoms with Crippen molar-refractivity contribution in [1.82, 2.24) is 10.2 Å². The number of hydrogen-bond acceptors (Lipinski definition) is 5. The molecule has 1 heterocycles. The third kappa shape index (κ3) is 6.47. The molecule has 0 unspecified atom stereocenters. The van der Waals surface area contributed by atoms with Gasteiger partial charge in [0.05, 0.1) is 26.4 Å². The Morgan fingerprint density at radius 1 is 1.00 bits per heavy atom. The molecule has 2 aromatic carbocycles. The summed E-state index contributed by atoms with van der Waals surface area (Å²) in [5.41, 5.74) is 2.95. The number of benzene rings is 2. The Morgan fingerprint density at radius 3 is 2.53 bits per heavy atom. The van der Waals surface area contributed by atoms with Gasteiger partial charge in [0.25, 0.3) is 5.91 Å². The maximum Gasteiger partial charge on any atom is 0.251 e. The maximum atomic E-state index is 12.6. The molecule has 6 heteroatoms. The highest BCUT2D eigenvalue weighted by atomic mass is 16.5. The summed E-state index contributed by atoms with van der Waals surface area (Å²) in [6, 6.07) is 13.8. The monoisotopic (exact) mass is 412 g/mol. The van der Waals surface area contributed by atoms with Crippen molar-refractivity contribution in [3.8, 4) is 11.5 Å². The van der Waals surface area contributed by atoms with Crippen LogP contribution in [0.5, 0.6) is 11.5 Å². The molecule has 0 aliphatic carbocycles. The molecule has 0 bridgehead atoms. The van der Waals surface area contributed by atoms with Gasteiger partial charge in [-0.2, -0.15) is 0 Å². The van der Waals surface area contributed by atoms with Gasteiger partial charge in [-0.05, 0) is 55.7 Å². The predicted octanol–water partition coefficient (Wildman–Crippen LogP) is 3.29. The van der Waals surface area contributed by atoms with Crippen molar-refractivity contribution in [2.75, 3.05) is 46.1 Å². The standard InChI is InChI=1S/C24H32N2O4/c1-3-29-22-9-8-19(17-23(22)30-4-2)10-11-25-24(27)21-7-5-6-20(16-21)18-26-12-14-28-15-13-26/h5-9,16-17H,3-4,10-15,18H2,1-2H3,(H,25,27). The second-order valence-corrected chi connectivity index (χ2v) is 7.24. The molecule has 1 fully saturated rings. The first-order valence-electron chi connectivity index (χ1n) is 10.8. The molecular weight excluding hydrogens is 380 g/mol. The number of ether oxygens (including phenoxy) is 3. The lowest BCUT2D eigenvalue weighted by atomic mass is 10.1. The van der Waals surface area contributed by atoms with Crippen molar-refractivity contribution >= 4 is 5.91 Å². The third-order valence-electron chi connectivity index (χ3n) is 5.01. The van der Waals surface area contributed by atoms with Gasteiger partial charge in [0.15, 0.2) is 11.5 Å². The third-order valence-corrected chi connectivity index (χ3v) is 5.01. The highest BCUT2D eigenvalue weighted by Crippen LogP contribution is 2.28. The summed E-state index contributed by atoms with van der Waals surface area (Å²) >= 11 is 0. The summed E-state index contributed by atoms with van der Waals surface area (Å²) in [5.74, 6) is 1.46. The number of hydrogen-bond donors (Lipinski definition) is 1. The van der Waals surface area contributed by atoms with Gasteiger partial charge >= 0.3 is 0 Å². The van der Waals surface area contributed by atoms with Crippen LogP contribution in [0.15, 0.2) is 42.5 Å². The predicted molar refractivity (Wildman–Crippen MR) is 117 cm³/mol. The number of carbonyl (C=O) groups is 1. The van der Waals surface area contributed by atoms with E-state index in [0.717, 1.165) is 61.9 Å². The van der Waals surface area contributed by atoms with E-state index >= 15 is 0 Å². The highest BCUT2D eigenvalue weighted by molar-refractivity contribution is 5.94. The van der Waals surface area contributed by atoms with E-state index in [-0.39, 0.29) is 5.91 Å². The SMILES string of the molecule is CCOc1ccc(CCNC(=O)c2cccc(CN3CCOCC3)c2)cc1OCC. The van der Waals surface area contributed by atoms with E-state index in [4.69, 9.17) is 14.2 Å². The Hall–Kier alpha value is -2.57. The van der Waals surface area contributed by atoms with Gasteiger partial charge in [-0.1, -0.05) is 18.2 Å². The summed E-state index contributed by atoms with van der Waals surface area (Å²) in [6.45, 7) is 9.91. The van der Waals surface area contributed by atoms with Crippen LogP contribution < -0.4 is 14.8 Å². The average molecular weight is 413 g/mol. The van der Waals surface area contributed by atoms with Gasteiger partial charge in [0.1, 0.15) is 0 Å². The van der Waals surface area contributed by atoms with E-state index in [1.165, 1.54) is 0 Å². The lowest BCUT2D eigenvalue weighted by Gasteiger charge is -2.26. The molecule has 6 nitrogen and oxygen atoms in total. The second-order valence-electron chi connectivity index (χ2n) is 7.24. The Bertz CT molecular complexity index is 819. The smallest absolute Gasteiger partial charge is 0.251 e. The van der Waals surface area contributed by atoms with Crippen molar-refractivity contribution in [3.05, 3.63) is 59.2 Å². The molecule has 0 radical (unpaired) electrons. The fraction of sp³-hybridized carbons (Fsp3) is 0.458. The van der Waals surface area contributed by atoms with Crippen molar-refractivity contribution in [3.63, 3.8) is 0 Å². The van der Waals surface area contributed by atoms with Crippen LogP contribution in [-0.2, 0) is 17.7 Å². The van der Waals surface area contributed by atoms with Gasteiger partial charge in [-0.3, -0.25) is 9.69 Å². The number of morpholine rings is 1. The van der Waals surface area contributed by atoms with E-state index in [1.54, 1.807) is 0 Å². The maximum absolute atomic E-state index is 12.6. The molecule has 1 aliphatic heterocycles. The molecule has 1 saturated heterocycles. The zero-order chi connectivity index (χ0) is 21.2. The first kappa shape index (κ1) is 22.1. The van der Waals surface area contributed by atoms with Crippen LogP contribution in [0, 0.1) is 0 Å². The van der Waals surface area contributed by atoms with Crippen molar-refractivity contribution in [1.29, 1.82) is 0 Å². The van der Waals surface area contributed by atoms with E-state index in [1.807, 2.05) is 50.2 Å². The summed E-state index contributed by atoms with van der Waals surface area (Å²) in [6.07, 6.45) is 0.728. The second kappa shape index (κ2) is 11.6. The fourth-order valence-corrected chi connectivity index (χ4v) is 3.50. The summed E-state index contributed by atoms with van der Waals surface area (Å²) in [7, 11) is 0. The van der Waals surface area contributed by atoms with Crippen molar-refractivity contribution in [2.24, 2.45) is 0 Å².